The van der Waals surface area contributed by atoms with E-state index >= 15 is 0 Å². The maximum atomic E-state index is 11.7. The summed E-state index contributed by atoms with van der Waals surface area (Å²) in [4.78, 5) is 16.0. The first-order valence-electron chi connectivity index (χ1n) is 6.56. The van der Waals surface area contributed by atoms with Gasteiger partial charge in [-0.25, -0.2) is 0 Å². The highest BCUT2D eigenvalue weighted by atomic mass is 79.9. The zero-order chi connectivity index (χ0) is 14.7. The Labute approximate surface area is 130 Å². The number of carbonyl (C=O) groups excluding carboxylic acids is 1. The molecule has 1 aliphatic heterocycles. The molecule has 2 heterocycles. The number of nitrogens with one attached hydrogen (secondary N) is 2. The molecule has 5 nitrogen and oxygen atoms in total. The molecule has 0 atom stereocenters. The van der Waals surface area contributed by atoms with E-state index < -0.39 is 0 Å². The van der Waals surface area contributed by atoms with Gasteiger partial charge in [0, 0.05) is 23.5 Å². The number of hydrogen-bond donors (Lipinski definition) is 2. The lowest BCUT2D eigenvalue weighted by molar-refractivity contribution is -0.116. The molecular formula is C15H13BrN4O. The number of hydrazone groups is 1. The number of rotatable bonds is 2. The van der Waals surface area contributed by atoms with E-state index in [4.69, 9.17) is 0 Å². The van der Waals surface area contributed by atoms with Crippen LogP contribution < -0.4 is 10.7 Å². The number of anilines is 2. The molecule has 2 N–H and O–H groups in total. The zero-order valence-electron chi connectivity index (χ0n) is 11.1. The lowest BCUT2D eigenvalue weighted by Gasteiger charge is -2.07. The highest BCUT2D eigenvalue weighted by Crippen LogP contribution is 2.20. The monoisotopic (exact) mass is 344 g/mol. The number of halogens is 1. The maximum Gasteiger partial charge on any atom is 0.224 e. The summed E-state index contributed by atoms with van der Waals surface area (Å²) in [6.45, 7) is 0. The minimum atomic E-state index is -0.0157. The molecule has 0 bridgehead atoms. The summed E-state index contributed by atoms with van der Waals surface area (Å²) in [5.74, 6) is -0.0157. The second-order valence-electron chi connectivity index (χ2n) is 4.62. The molecule has 21 heavy (non-hydrogen) atoms. The normalized spacial score (nSPS) is 16.0. The van der Waals surface area contributed by atoms with Crippen LogP contribution in [0.3, 0.4) is 0 Å². The van der Waals surface area contributed by atoms with Crippen molar-refractivity contribution in [2.45, 2.75) is 12.8 Å². The van der Waals surface area contributed by atoms with Crippen LogP contribution in [0.2, 0.25) is 0 Å². The molecule has 0 fully saturated rings. The lowest BCUT2D eigenvalue weighted by Crippen LogP contribution is -2.09. The van der Waals surface area contributed by atoms with E-state index in [0.717, 1.165) is 15.9 Å². The fourth-order valence-electron chi connectivity index (χ4n) is 2.06. The number of pyridine rings is 1. The van der Waals surface area contributed by atoms with Crippen LogP contribution in [-0.2, 0) is 4.79 Å². The van der Waals surface area contributed by atoms with Crippen molar-refractivity contribution in [3.8, 4) is 0 Å². The smallest absolute Gasteiger partial charge is 0.224 e. The van der Waals surface area contributed by atoms with Crippen molar-refractivity contribution in [3.63, 3.8) is 0 Å². The van der Waals surface area contributed by atoms with Gasteiger partial charge in [-0.3, -0.25) is 15.2 Å². The van der Waals surface area contributed by atoms with E-state index in [1.54, 1.807) is 12.3 Å². The SMILES string of the molecule is O=C1CC/C(=N/Nc2ccc(Br)cc2)c2ncccc2N1. The fraction of sp³-hybridized carbons (Fsp3) is 0.133. The number of aromatic nitrogens is 1. The Morgan fingerprint density at radius 1 is 1.19 bits per heavy atom. The van der Waals surface area contributed by atoms with E-state index in [1.807, 2.05) is 30.3 Å². The van der Waals surface area contributed by atoms with Crippen LogP contribution >= 0.6 is 15.9 Å². The van der Waals surface area contributed by atoms with Gasteiger partial charge in [-0.1, -0.05) is 15.9 Å². The second-order valence-corrected chi connectivity index (χ2v) is 5.54. The molecular weight excluding hydrogens is 332 g/mol. The molecule has 3 rings (SSSR count). The fourth-order valence-corrected chi connectivity index (χ4v) is 2.33. The molecule has 0 aliphatic carbocycles. The van der Waals surface area contributed by atoms with Crippen LogP contribution in [0.25, 0.3) is 0 Å². The Kier molecular flexibility index (Phi) is 3.96. The van der Waals surface area contributed by atoms with Gasteiger partial charge in [0.15, 0.2) is 0 Å². The zero-order valence-corrected chi connectivity index (χ0v) is 12.7. The molecule has 1 aromatic heterocycles. The van der Waals surface area contributed by atoms with E-state index in [0.29, 0.717) is 24.2 Å². The van der Waals surface area contributed by atoms with Crippen molar-refractivity contribution in [2.75, 3.05) is 10.7 Å². The van der Waals surface area contributed by atoms with Crippen LogP contribution in [0.4, 0.5) is 11.4 Å². The Morgan fingerprint density at radius 3 is 2.81 bits per heavy atom. The molecule has 1 aromatic carbocycles. The van der Waals surface area contributed by atoms with Gasteiger partial charge in [-0.15, -0.1) is 0 Å². The highest BCUT2D eigenvalue weighted by Gasteiger charge is 2.18. The summed E-state index contributed by atoms with van der Waals surface area (Å²) in [5.41, 5.74) is 6.09. The number of benzene rings is 1. The van der Waals surface area contributed by atoms with Gasteiger partial charge in [0.05, 0.1) is 17.1 Å². The van der Waals surface area contributed by atoms with Crippen LogP contribution in [0.1, 0.15) is 18.5 Å². The van der Waals surface area contributed by atoms with Gasteiger partial charge in [0.25, 0.3) is 0 Å². The molecule has 0 saturated heterocycles. The molecule has 106 valence electrons. The van der Waals surface area contributed by atoms with Crippen LogP contribution in [0.5, 0.6) is 0 Å². The van der Waals surface area contributed by atoms with Crippen molar-refractivity contribution >= 4 is 38.9 Å². The summed E-state index contributed by atoms with van der Waals surface area (Å²) >= 11 is 3.39. The van der Waals surface area contributed by atoms with E-state index in [9.17, 15) is 4.79 Å². The first-order chi connectivity index (χ1) is 10.2. The van der Waals surface area contributed by atoms with Gasteiger partial charge in [0.1, 0.15) is 5.69 Å². The molecule has 1 aliphatic rings. The molecule has 6 heteroatoms. The molecule has 0 spiro atoms. The molecule has 2 aromatic rings. The van der Waals surface area contributed by atoms with Crippen molar-refractivity contribution in [2.24, 2.45) is 5.10 Å². The molecule has 1 amide bonds. The van der Waals surface area contributed by atoms with Crippen LogP contribution in [-0.4, -0.2) is 16.6 Å². The van der Waals surface area contributed by atoms with Crippen LogP contribution in [0, 0.1) is 0 Å². The van der Waals surface area contributed by atoms with Gasteiger partial charge >= 0.3 is 0 Å². The Balaban J connectivity index is 1.88. The van der Waals surface area contributed by atoms with Gasteiger partial charge in [-0.05, 0) is 36.4 Å². The third-order valence-electron chi connectivity index (χ3n) is 3.11. The molecule has 0 saturated carbocycles. The minimum Gasteiger partial charge on any atom is -0.324 e. The number of fused-ring (bicyclic) bond motifs is 1. The van der Waals surface area contributed by atoms with Crippen molar-refractivity contribution in [1.29, 1.82) is 0 Å². The van der Waals surface area contributed by atoms with E-state index in [-0.39, 0.29) is 5.91 Å². The van der Waals surface area contributed by atoms with Crippen molar-refractivity contribution < 1.29 is 4.79 Å². The summed E-state index contributed by atoms with van der Waals surface area (Å²) in [5, 5.41) is 7.26. The van der Waals surface area contributed by atoms with Crippen molar-refractivity contribution in [3.05, 3.63) is 52.8 Å². The van der Waals surface area contributed by atoms with Crippen molar-refractivity contribution in [1.82, 2.24) is 4.98 Å². The number of hydrogen-bond acceptors (Lipinski definition) is 4. The quantitative estimate of drug-likeness (QED) is 0.820. The average Bonchev–Trinajstić information content (AvgIpc) is 2.65. The number of carbonyl (C=O) groups is 1. The molecule has 0 unspecified atom stereocenters. The Morgan fingerprint density at radius 2 is 2.00 bits per heavy atom. The standard InChI is InChI=1S/C15H13BrN4O/c16-10-3-5-11(6-4-10)19-20-13-7-8-14(21)18-12-2-1-9-17-15(12)13/h1-6,9,19H,7-8H2,(H,18,21)/b20-13-. The third-order valence-corrected chi connectivity index (χ3v) is 3.64. The summed E-state index contributed by atoms with van der Waals surface area (Å²) in [6, 6.07) is 11.4. The Hall–Kier alpha value is -2.21. The third kappa shape index (κ3) is 3.28. The summed E-state index contributed by atoms with van der Waals surface area (Å²) < 4.78 is 1.01. The summed E-state index contributed by atoms with van der Waals surface area (Å²) in [7, 11) is 0. The largest absolute Gasteiger partial charge is 0.324 e. The van der Waals surface area contributed by atoms with Gasteiger partial charge in [-0.2, -0.15) is 5.10 Å². The number of nitrogens with zero attached hydrogens (tertiary/aromatic N) is 2. The lowest BCUT2D eigenvalue weighted by atomic mass is 10.1. The van der Waals surface area contributed by atoms with E-state index in [1.165, 1.54) is 0 Å². The molecule has 0 radical (unpaired) electrons. The van der Waals surface area contributed by atoms with Crippen LogP contribution in [0.15, 0.2) is 52.2 Å². The van der Waals surface area contributed by atoms with Gasteiger partial charge < -0.3 is 5.32 Å². The highest BCUT2D eigenvalue weighted by molar-refractivity contribution is 9.10. The summed E-state index contributed by atoms with van der Waals surface area (Å²) in [6.07, 6.45) is 2.65. The second kappa shape index (κ2) is 6.05. The topological polar surface area (TPSA) is 66.4 Å². The minimum absolute atomic E-state index is 0.0157. The average molecular weight is 345 g/mol. The first-order valence-corrected chi connectivity index (χ1v) is 7.35. The van der Waals surface area contributed by atoms with E-state index in [2.05, 4.69) is 36.8 Å². The maximum absolute atomic E-state index is 11.7. The van der Waals surface area contributed by atoms with Gasteiger partial charge in [0.2, 0.25) is 5.91 Å². The predicted molar refractivity (Wildman–Crippen MR) is 86.4 cm³/mol. The number of amides is 1. The first kappa shape index (κ1) is 13.8. The Bertz CT molecular complexity index is 697. The predicted octanol–water partition coefficient (Wildman–Crippen LogP) is 3.39.